The molecule has 0 atom stereocenters. The minimum atomic E-state index is -0.271. The minimum absolute atomic E-state index is 0.271. The van der Waals surface area contributed by atoms with Crippen molar-refractivity contribution in [2.45, 2.75) is 24.5 Å². The van der Waals surface area contributed by atoms with E-state index in [-0.39, 0.29) is 5.91 Å². The third kappa shape index (κ3) is 3.01. The summed E-state index contributed by atoms with van der Waals surface area (Å²) in [5, 5.41) is 0.938. The summed E-state index contributed by atoms with van der Waals surface area (Å²) in [5.74, 6) is 0.531. The molecule has 102 valence electrons. The molecule has 0 aliphatic carbocycles. The molecule has 0 spiro atoms. The molecule has 1 aromatic carbocycles. The molecule has 2 rings (SSSR count). The van der Waals surface area contributed by atoms with Gasteiger partial charge in [0.25, 0.3) is 0 Å². The van der Waals surface area contributed by atoms with Gasteiger partial charge in [-0.25, -0.2) is 4.98 Å². The van der Waals surface area contributed by atoms with Crippen molar-refractivity contribution in [3.8, 4) is 5.75 Å². The first-order valence-electron chi connectivity index (χ1n) is 6.02. The Labute approximate surface area is 116 Å². The second kappa shape index (κ2) is 5.97. The molecular formula is C13H17N3O2S. The molecule has 0 radical (unpaired) electrons. The molecule has 1 amide bonds. The third-order valence-corrected chi connectivity index (χ3v) is 3.58. The highest BCUT2D eigenvalue weighted by molar-refractivity contribution is 7.98. The van der Waals surface area contributed by atoms with E-state index >= 15 is 0 Å². The van der Waals surface area contributed by atoms with Gasteiger partial charge in [-0.1, -0.05) is 11.8 Å². The summed E-state index contributed by atoms with van der Waals surface area (Å²) in [6.07, 6.45) is 3.09. The van der Waals surface area contributed by atoms with Gasteiger partial charge in [0.15, 0.2) is 5.16 Å². The monoisotopic (exact) mass is 279 g/mol. The van der Waals surface area contributed by atoms with Crippen LogP contribution in [-0.4, -0.2) is 28.8 Å². The highest BCUT2D eigenvalue weighted by Crippen LogP contribution is 2.26. The van der Waals surface area contributed by atoms with Crippen molar-refractivity contribution in [2.24, 2.45) is 5.73 Å². The number of nitrogens with zero attached hydrogens (tertiary/aromatic N) is 2. The SMILES string of the molecule is COc1ccc2nc(SC)n(CCCC(N)=O)c2c1. The topological polar surface area (TPSA) is 70.1 Å². The average Bonchev–Trinajstić information content (AvgIpc) is 2.75. The fourth-order valence-electron chi connectivity index (χ4n) is 1.99. The number of carbonyl (C=O) groups excluding carboxylic acids is 1. The van der Waals surface area contributed by atoms with Gasteiger partial charge < -0.3 is 15.0 Å². The number of aromatic nitrogens is 2. The summed E-state index contributed by atoms with van der Waals surface area (Å²) < 4.78 is 7.34. The van der Waals surface area contributed by atoms with Crippen LogP contribution < -0.4 is 10.5 Å². The number of thioether (sulfide) groups is 1. The fraction of sp³-hybridized carbons (Fsp3) is 0.385. The number of aryl methyl sites for hydroxylation is 1. The van der Waals surface area contributed by atoms with Crippen LogP contribution in [0.4, 0.5) is 0 Å². The number of nitrogens with two attached hydrogens (primary N) is 1. The predicted octanol–water partition coefficient (Wildman–Crippen LogP) is 2.03. The first-order chi connectivity index (χ1) is 9.15. The molecular weight excluding hydrogens is 262 g/mol. The van der Waals surface area contributed by atoms with E-state index in [4.69, 9.17) is 10.5 Å². The van der Waals surface area contributed by atoms with Crippen LogP contribution in [0, 0.1) is 0 Å². The summed E-state index contributed by atoms with van der Waals surface area (Å²) in [6, 6.07) is 5.80. The first kappa shape index (κ1) is 13.7. The van der Waals surface area contributed by atoms with Crippen molar-refractivity contribution in [3.63, 3.8) is 0 Å². The average molecular weight is 279 g/mol. The van der Waals surface area contributed by atoms with Crippen LogP contribution in [0.5, 0.6) is 5.75 Å². The van der Waals surface area contributed by atoms with Gasteiger partial charge in [0.1, 0.15) is 5.75 Å². The lowest BCUT2D eigenvalue weighted by Gasteiger charge is -2.07. The zero-order valence-electron chi connectivity index (χ0n) is 11.0. The van der Waals surface area contributed by atoms with Crippen LogP contribution in [0.2, 0.25) is 0 Å². The molecule has 2 aromatic rings. The lowest BCUT2D eigenvalue weighted by atomic mass is 10.2. The van der Waals surface area contributed by atoms with Crippen LogP contribution in [0.25, 0.3) is 11.0 Å². The Balaban J connectivity index is 2.34. The number of hydrogen-bond acceptors (Lipinski definition) is 4. The third-order valence-electron chi connectivity index (χ3n) is 2.91. The van der Waals surface area contributed by atoms with Gasteiger partial charge in [0.05, 0.1) is 18.1 Å². The van der Waals surface area contributed by atoms with Gasteiger partial charge in [0, 0.05) is 19.0 Å². The molecule has 0 aliphatic rings. The number of amides is 1. The lowest BCUT2D eigenvalue weighted by molar-refractivity contribution is -0.118. The van der Waals surface area contributed by atoms with Gasteiger partial charge in [-0.15, -0.1) is 0 Å². The van der Waals surface area contributed by atoms with Gasteiger partial charge in [-0.2, -0.15) is 0 Å². The van der Waals surface area contributed by atoms with Crippen LogP contribution in [0.15, 0.2) is 23.4 Å². The predicted molar refractivity (Wildman–Crippen MR) is 76.5 cm³/mol. The number of carbonyl (C=O) groups is 1. The van der Waals surface area contributed by atoms with E-state index in [1.165, 1.54) is 0 Å². The molecule has 0 aliphatic heterocycles. The number of imidazole rings is 1. The quantitative estimate of drug-likeness (QED) is 0.821. The molecule has 0 bridgehead atoms. The second-order valence-corrected chi connectivity index (χ2v) is 4.95. The number of rotatable bonds is 6. The number of primary amides is 1. The van der Waals surface area contributed by atoms with Gasteiger partial charge >= 0.3 is 0 Å². The summed E-state index contributed by atoms with van der Waals surface area (Å²) in [6.45, 7) is 0.725. The Morgan fingerprint density at radius 2 is 2.32 bits per heavy atom. The molecule has 1 heterocycles. The van der Waals surface area contributed by atoms with Gasteiger partial charge in [-0.3, -0.25) is 4.79 Å². The van der Waals surface area contributed by atoms with E-state index < -0.39 is 0 Å². The number of methoxy groups -OCH3 is 1. The Kier molecular flexibility index (Phi) is 4.31. The lowest BCUT2D eigenvalue weighted by Crippen LogP contribution is -2.11. The summed E-state index contributed by atoms with van der Waals surface area (Å²) in [5.41, 5.74) is 7.13. The first-order valence-corrected chi connectivity index (χ1v) is 7.24. The maximum absolute atomic E-state index is 10.8. The van der Waals surface area contributed by atoms with Crippen molar-refractivity contribution in [1.29, 1.82) is 0 Å². The Hall–Kier alpha value is -1.69. The van der Waals surface area contributed by atoms with Gasteiger partial charge in [-0.05, 0) is 24.8 Å². The van der Waals surface area contributed by atoms with Crippen molar-refractivity contribution >= 4 is 28.7 Å². The highest BCUT2D eigenvalue weighted by atomic mass is 32.2. The smallest absolute Gasteiger partial charge is 0.217 e. The van der Waals surface area contributed by atoms with Crippen LogP contribution in [0.3, 0.4) is 0 Å². The fourth-order valence-corrected chi connectivity index (χ4v) is 2.59. The Bertz CT molecular complexity index is 595. The molecule has 0 fully saturated rings. The van der Waals surface area contributed by atoms with E-state index in [1.54, 1.807) is 18.9 Å². The van der Waals surface area contributed by atoms with Gasteiger partial charge in [0.2, 0.25) is 5.91 Å². The van der Waals surface area contributed by atoms with E-state index in [1.807, 2.05) is 24.5 Å². The zero-order valence-corrected chi connectivity index (χ0v) is 11.9. The minimum Gasteiger partial charge on any atom is -0.497 e. The largest absolute Gasteiger partial charge is 0.497 e. The van der Waals surface area contributed by atoms with Crippen molar-refractivity contribution < 1.29 is 9.53 Å². The van der Waals surface area contributed by atoms with E-state index in [0.29, 0.717) is 12.8 Å². The summed E-state index contributed by atoms with van der Waals surface area (Å²) in [4.78, 5) is 15.4. The second-order valence-electron chi connectivity index (χ2n) is 4.17. The zero-order chi connectivity index (χ0) is 13.8. The standard InChI is InChI=1S/C13H17N3O2S/c1-18-9-5-6-10-11(8-9)16(13(15-10)19-2)7-3-4-12(14)17/h5-6,8H,3-4,7H2,1-2H3,(H2,14,17). The molecule has 5 nitrogen and oxygen atoms in total. The maximum atomic E-state index is 10.8. The van der Waals surface area contributed by atoms with Crippen LogP contribution in [0.1, 0.15) is 12.8 Å². The molecule has 2 N–H and O–H groups in total. The molecule has 0 saturated heterocycles. The van der Waals surface area contributed by atoms with Crippen LogP contribution in [-0.2, 0) is 11.3 Å². The molecule has 1 aromatic heterocycles. The summed E-state index contributed by atoms with van der Waals surface area (Å²) >= 11 is 1.59. The molecule has 0 saturated carbocycles. The van der Waals surface area contributed by atoms with Crippen molar-refractivity contribution in [1.82, 2.24) is 9.55 Å². The van der Waals surface area contributed by atoms with Crippen molar-refractivity contribution in [2.75, 3.05) is 13.4 Å². The Morgan fingerprint density at radius 1 is 1.53 bits per heavy atom. The summed E-state index contributed by atoms with van der Waals surface area (Å²) in [7, 11) is 1.64. The number of hydrogen-bond donors (Lipinski definition) is 1. The Morgan fingerprint density at radius 3 is 2.95 bits per heavy atom. The molecule has 6 heteroatoms. The highest BCUT2D eigenvalue weighted by Gasteiger charge is 2.11. The van der Waals surface area contributed by atoms with E-state index in [2.05, 4.69) is 9.55 Å². The number of ether oxygens (including phenoxy) is 1. The maximum Gasteiger partial charge on any atom is 0.217 e. The number of benzene rings is 1. The molecule has 0 unspecified atom stereocenters. The number of fused-ring (bicyclic) bond motifs is 1. The molecule has 19 heavy (non-hydrogen) atoms. The van der Waals surface area contributed by atoms with Crippen molar-refractivity contribution in [3.05, 3.63) is 18.2 Å². The normalized spacial score (nSPS) is 10.8. The van der Waals surface area contributed by atoms with E-state index in [9.17, 15) is 4.79 Å². The van der Waals surface area contributed by atoms with E-state index in [0.717, 1.165) is 28.5 Å². The van der Waals surface area contributed by atoms with Crippen LogP contribution >= 0.6 is 11.8 Å².